The quantitative estimate of drug-likeness (QED) is 0.774. The molecule has 0 bridgehead atoms. The normalized spacial score (nSPS) is 10.6. The highest BCUT2D eigenvalue weighted by Gasteiger charge is 2.09. The standard InChI is InChI=1S/C9H8ClN3S2/c1-5-7(10)12-6(2)13-8(5)15-9-11-3-4-14-9/h3-4H,1-2H3. The molecule has 15 heavy (non-hydrogen) atoms. The van der Waals surface area contributed by atoms with Crippen molar-refractivity contribution in [3.05, 3.63) is 28.1 Å². The summed E-state index contributed by atoms with van der Waals surface area (Å²) in [6.07, 6.45) is 1.78. The van der Waals surface area contributed by atoms with Gasteiger partial charge in [0.2, 0.25) is 0 Å². The van der Waals surface area contributed by atoms with Crippen molar-refractivity contribution in [1.82, 2.24) is 15.0 Å². The molecular formula is C9H8ClN3S2. The molecule has 0 unspecified atom stereocenters. The first-order valence-corrected chi connectivity index (χ1v) is 6.32. The van der Waals surface area contributed by atoms with Crippen LogP contribution < -0.4 is 0 Å². The molecule has 0 saturated heterocycles. The van der Waals surface area contributed by atoms with Gasteiger partial charge in [0.15, 0.2) is 4.34 Å². The molecule has 2 aromatic heterocycles. The lowest BCUT2D eigenvalue weighted by Gasteiger charge is -2.04. The van der Waals surface area contributed by atoms with Gasteiger partial charge in [-0.3, -0.25) is 0 Å². The van der Waals surface area contributed by atoms with E-state index >= 15 is 0 Å². The van der Waals surface area contributed by atoms with Crippen molar-refractivity contribution < 1.29 is 0 Å². The Balaban J connectivity index is 2.36. The number of halogens is 1. The van der Waals surface area contributed by atoms with Gasteiger partial charge < -0.3 is 0 Å². The molecule has 0 radical (unpaired) electrons. The largest absolute Gasteiger partial charge is 0.238 e. The van der Waals surface area contributed by atoms with Crippen LogP contribution in [0.3, 0.4) is 0 Å². The van der Waals surface area contributed by atoms with Crippen LogP contribution in [-0.4, -0.2) is 15.0 Å². The highest BCUT2D eigenvalue weighted by atomic mass is 35.5. The summed E-state index contributed by atoms with van der Waals surface area (Å²) in [5.41, 5.74) is 0.905. The van der Waals surface area contributed by atoms with E-state index in [0.717, 1.165) is 14.9 Å². The average Bonchev–Trinajstić information content (AvgIpc) is 2.66. The van der Waals surface area contributed by atoms with E-state index in [2.05, 4.69) is 15.0 Å². The summed E-state index contributed by atoms with van der Waals surface area (Å²) < 4.78 is 0.965. The third-order valence-corrected chi connectivity index (χ3v) is 4.09. The van der Waals surface area contributed by atoms with Crippen molar-refractivity contribution >= 4 is 34.7 Å². The van der Waals surface area contributed by atoms with E-state index in [-0.39, 0.29) is 0 Å². The molecule has 0 aliphatic heterocycles. The Kier molecular flexibility index (Phi) is 3.23. The highest BCUT2D eigenvalue weighted by molar-refractivity contribution is 8.01. The Hall–Kier alpha value is -0.650. The van der Waals surface area contributed by atoms with Crippen LogP contribution in [0.4, 0.5) is 0 Å². The van der Waals surface area contributed by atoms with Crippen LogP contribution >= 0.6 is 34.7 Å². The fraction of sp³-hybridized carbons (Fsp3) is 0.222. The molecule has 78 valence electrons. The van der Waals surface area contributed by atoms with Gasteiger partial charge >= 0.3 is 0 Å². The van der Waals surface area contributed by atoms with Gasteiger partial charge in [-0.05, 0) is 25.6 Å². The van der Waals surface area contributed by atoms with Crippen LogP contribution in [0.15, 0.2) is 20.9 Å². The fourth-order valence-electron chi connectivity index (χ4n) is 1.01. The van der Waals surface area contributed by atoms with Gasteiger partial charge in [-0.25, -0.2) is 15.0 Å². The van der Waals surface area contributed by atoms with Crippen LogP contribution in [0.5, 0.6) is 0 Å². The van der Waals surface area contributed by atoms with Crippen LogP contribution in [0, 0.1) is 13.8 Å². The Labute approximate surface area is 101 Å². The van der Waals surface area contributed by atoms with Gasteiger partial charge in [0.25, 0.3) is 0 Å². The maximum Gasteiger partial charge on any atom is 0.156 e. The predicted octanol–water partition coefficient (Wildman–Crippen LogP) is 3.35. The number of hydrogen-bond acceptors (Lipinski definition) is 5. The molecule has 2 rings (SSSR count). The summed E-state index contributed by atoms with van der Waals surface area (Å²) in [5.74, 6) is 0.685. The van der Waals surface area contributed by atoms with E-state index in [4.69, 9.17) is 11.6 Å². The van der Waals surface area contributed by atoms with Gasteiger partial charge in [0, 0.05) is 17.1 Å². The lowest BCUT2D eigenvalue weighted by molar-refractivity contribution is 0.937. The van der Waals surface area contributed by atoms with Gasteiger partial charge in [-0.1, -0.05) is 11.6 Å². The summed E-state index contributed by atoms with van der Waals surface area (Å²) in [4.78, 5) is 12.6. The molecule has 0 N–H and O–H groups in total. The maximum absolute atomic E-state index is 5.98. The fourth-order valence-corrected chi connectivity index (χ4v) is 2.94. The maximum atomic E-state index is 5.98. The summed E-state index contributed by atoms with van der Waals surface area (Å²) in [6.45, 7) is 3.74. The zero-order valence-corrected chi connectivity index (χ0v) is 10.6. The second-order valence-corrected chi connectivity index (χ2v) is 5.38. The minimum atomic E-state index is 0.515. The number of nitrogens with zero attached hydrogens (tertiary/aromatic N) is 3. The first-order chi connectivity index (χ1) is 7.16. The van der Waals surface area contributed by atoms with E-state index in [1.54, 1.807) is 17.5 Å². The minimum absolute atomic E-state index is 0.515. The Morgan fingerprint density at radius 3 is 2.80 bits per heavy atom. The summed E-state index contributed by atoms with van der Waals surface area (Å²) in [7, 11) is 0. The third-order valence-electron chi connectivity index (χ3n) is 1.75. The van der Waals surface area contributed by atoms with Crippen LogP contribution in [0.25, 0.3) is 0 Å². The van der Waals surface area contributed by atoms with Gasteiger partial charge in [0.1, 0.15) is 16.0 Å². The van der Waals surface area contributed by atoms with Crippen molar-refractivity contribution in [2.45, 2.75) is 23.2 Å². The van der Waals surface area contributed by atoms with Gasteiger partial charge in [-0.15, -0.1) is 11.3 Å². The van der Waals surface area contributed by atoms with Crippen LogP contribution in [0.1, 0.15) is 11.4 Å². The zero-order valence-electron chi connectivity index (χ0n) is 8.19. The van der Waals surface area contributed by atoms with Crippen LogP contribution in [-0.2, 0) is 0 Å². The first-order valence-electron chi connectivity index (χ1n) is 4.25. The molecular weight excluding hydrogens is 250 g/mol. The van der Waals surface area contributed by atoms with Gasteiger partial charge in [-0.2, -0.15) is 0 Å². The zero-order chi connectivity index (χ0) is 10.8. The first kappa shape index (κ1) is 10.9. The van der Waals surface area contributed by atoms with Crippen LogP contribution in [0.2, 0.25) is 5.15 Å². The molecule has 0 spiro atoms. The van der Waals surface area contributed by atoms with E-state index in [1.807, 2.05) is 19.2 Å². The van der Waals surface area contributed by atoms with E-state index < -0.39 is 0 Å². The predicted molar refractivity (Wildman–Crippen MR) is 62.8 cm³/mol. The summed E-state index contributed by atoms with van der Waals surface area (Å²) >= 11 is 9.09. The Morgan fingerprint density at radius 1 is 1.33 bits per heavy atom. The highest BCUT2D eigenvalue weighted by Crippen LogP contribution is 2.31. The van der Waals surface area contributed by atoms with E-state index in [1.165, 1.54) is 11.8 Å². The van der Waals surface area contributed by atoms with Crippen molar-refractivity contribution in [2.24, 2.45) is 0 Å². The topological polar surface area (TPSA) is 38.7 Å². The molecule has 0 fully saturated rings. The monoisotopic (exact) mass is 257 g/mol. The van der Waals surface area contributed by atoms with E-state index in [0.29, 0.717) is 11.0 Å². The smallest absolute Gasteiger partial charge is 0.156 e. The number of thiazole rings is 1. The number of aryl methyl sites for hydroxylation is 1. The van der Waals surface area contributed by atoms with Crippen molar-refractivity contribution in [2.75, 3.05) is 0 Å². The molecule has 2 aromatic rings. The Morgan fingerprint density at radius 2 is 2.13 bits per heavy atom. The molecule has 0 atom stereocenters. The molecule has 6 heteroatoms. The third kappa shape index (κ3) is 2.48. The molecule has 2 heterocycles. The summed E-state index contributed by atoms with van der Waals surface area (Å²) in [6, 6.07) is 0. The van der Waals surface area contributed by atoms with Crippen molar-refractivity contribution in [3.63, 3.8) is 0 Å². The van der Waals surface area contributed by atoms with Gasteiger partial charge in [0.05, 0.1) is 0 Å². The molecule has 0 aromatic carbocycles. The molecule has 0 amide bonds. The molecule has 0 aliphatic rings. The SMILES string of the molecule is Cc1nc(Cl)c(C)c(Sc2nccs2)n1. The average molecular weight is 258 g/mol. The minimum Gasteiger partial charge on any atom is -0.238 e. The lowest BCUT2D eigenvalue weighted by Crippen LogP contribution is -1.94. The molecule has 3 nitrogen and oxygen atoms in total. The number of aromatic nitrogens is 3. The number of rotatable bonds is 2. The van der Waals surface area contributed by atoms with E-state index in [9.17, 15) is 0 Å². The second-order valence-electron chi connectivity index (χ2n) is 2.89. The Bertz CT molecular complexity index is 470. The van der Waals surface area contributed by atoms with Crippen molar-refractivity contribution in [3.8, 4) is 0 Å². The molecule has 0 aliphatic carbocycles. The second kappa shape index (κ2) is 4.47. The number of hydrogen-bond donors (Lipinski definition) is 0. The molecule has 0 saturated carbocycles. The van der Waals surface area contributed by atoms with Crippen molar-refractivity contribution in [1.29, 1.82) is 0 Å². The summed E-state index contributed by atoms with van der Waals surface area (Å²) in [5, 5.41) is 3.33. The lowest BCUT2D eigenvalue weighted by atomic mass is 10.4.